The third-order valence-electron chi connectivity index (χ3n) is 2.66. The second kappa shape index (κ2) is 13.0. The molecule has 0 heteroatoms. The molecule has 3 radical (unpaired) electrons. The maximum Gasteiger partial charge on any atom is -0.0386 e. The molecule has 0 unspecified atom stereocenters. The Hall–Kier alpha value is 0. The van der Waals surface area contributed by atoms with Gasteiger partial charge in [-0.15, -0.1) is 0 Å². The summed E-state index contributed by atoms with van der Waals surface area (Å²) in [6.07, 6.45) is 16.9. The Bertz CT molecular complexity index is 74.0. The quantitative estimate of drug-likeness (QED) is 0.400. The molecule has 0 aliphatic rings. The highest BCUT2D eigenvalue weighted by molar-refractivity contribution is 4.65. The number of rotatable bonds is 11. The SMILES string of the molecule is [CH2][CH]CCCCCCCCCCC[CH2]. The minimum absolute atomic E-state index is 1.11. The van der Waals surface area contributed by atoms with E-state index in [4.69, 9.17) is 0 Å². The van der Waals surface area contributed by atoms with Crippen LogP contribution >= 0.6 is 0 Å². The van der Waals surface area contributed by atoms with Gasteiger partial charge in [-0.05, 0) is 13.3 Å². The fraction of sp³-hybridized carbons (Fsp3) is 0.786. The Kier molecular flexibility index (Phi) is 13.0. The number of hydrogen-bond donors (Lipinski definition) is 0. The lowest BCUT2D eigenvalue weighted by Gasteiger charge is -2.01. The summed E-state index contributed by atoms with van der Waals surface area (Å²) in [5, 5.41) is 0. The van der Waals surface area contributed by atoms with Gasteiger partial charge in [0.05, 0.1) is 0 Å². The zero-order valence-electron chi connectivity index (χ0n) is 9.77. The summed E-state index contributed by atoms with van der Waals surface area (Å²) in [4.78, 5) is 0. The van der Waals surface area contributed by atoms with Crippen molar-refractivity contribution in [2.45, 2.75) is 70.6 Å². The van der Waals surface area contributed by atoms with E-state index in [0.717, 1.165) is 6.42 Å². The van der Waals surface area contributed by atoms with Gasteiger partial charge < -0.3 is 0 Å². The van der Waals surface area contributed by atoms with E-state index < -0.39 is 0 Å². The molecule has 0 saturated heterocycles. The van der Waals surface area contributed by atoms with Crippen LogP contribution in [0.3, 0.4) is 0 Å². The van der Waals surface area contributed by atoms with Crippen molar-refractivity contribution < 1.29 is 0 Å². The molecule has 0 N–H and O–H groups in total. The molecule has 0 heterocycles. The highest BCUT2D eigenvalue weighted by Crippen LogP contribution is 2.11. The zero-order chi connectivity index (χ0) is 10.5. The first-order chi connectivity index (χ1) is 6.91. The molecule has 0 rings (SSSR count). The van der Waals surface area contributed by atoms with Crippen LogP contribution in [0.4, 0.5) is 0 Å². The first-order valence-electron chi connectivity index (χ1n) is 6.32. The lowest BCUT2D eigenvalue weighted by atomic mass is 10.1. The average Bonchev–Trinajstić information content (AvgIpc) is 2.21. The van der Waals surface area contributed by atoms with Crippen LogP contribution in [0.5, 0.6) is 0 Å². The summed E-state index contributed by atoms with van der Waals surface area (Å²) >= 11 is 0. The number of unbranched alkanes of at least 4 members (excludes halogenated alkanes) is 11. The van der Waals surface area contributed by atoms with Crippen molar-refractivity contribution in [1.82, 2.24) is 0 Å². The van der Waals surface area contributed by atoms with Crippen molar-refractivity contribution in [3.63, 3.8) is 0 Å². The van der Waals surface area contributed by atoms with Crippen LogP contribution in [0.15, 0.2) is 0 Å². The minimum atomic E-state index is 1.11. The van der Waals surface area contributed by atoms with Crippen LogP contribution in [-0.2, 0) is 0 Å². The predicted octanol–water partition coefficient (Wildman–Crippen LogP) is 5.15. The third kappa shape index (κ3) is 12.0. The van der Waals surface area contributed by atoms with Crippen molar-refractivity contribution >= 4 is 0 Å². The van der Waals surface area contributed by atoms with E-state index in [1.807, 2.05) is 6.42 Å². The van der Waals surface area contributed by atoms with Crippen molar-refractivity contribution in [3.05, 3.63) is 20.3 Å². The van der Waals surface area contributed by atoms with Crippen LogP contribution in [-0.4, -0.2) is 0 Å². The van der Waals surface area contributed by atoms with Gasteiger partial charge in [-0.3, -0.25) is 0 Å². The third-order valence-corrected chi connectivity index (χ3v) is 2.66. The van der Waals surface area contributed by atoms with E-state index in [1.165, 1.54) is 64.2 Å². The van der Waals surface area contributed by atoms with Gasteiger partial charge in [0.1, 0.15) is 0 Å². The van der Waals surface area contributed by atoms with E-state index in [2.05, 4.69) is 13.8 Å². The van der Waals surface area contributed by atoms with E-state index in [9.17, 15) is 0 Å². The molecule has 83 valence electrons. The summed E-state index contributed by atoms with van der Waals surface area (Å²) in [5.41, 5.74) is 0. The summed E-state index contributed by atoms with van der Waals surface area (Å²) in [7, 11) is 0. The van der Waals surface area contributed by atoms with Gasteiger partial charge in [-0.2, -0.15) is 0 Å². The van der Waals surface area contributed by atoms with Gasteiger partial charge in [-0.25, -0.2) is 0 Å². The van der Waals surface area contributed by atoms with Crippen LogP contribution in [0.25, 0.3) is 0 Å². The fourth-order valence-electron chi connectivity index (χ4n) is 1.70. The highest BCUT2D eigenvalue weighted by Gasteiger charge is 1.91. The van der Waals surface area contributed by atoms with Crippen molar-refractivity contribution in [1.29, 1.82) is 0 Å². The topological polar surface area (TPSA) is 0 Å². The number of hydrogen-bond acceptors (Lipinski definition) is 0. The first kappa shape index (κ1) is 14.0. The van der Waals surface area contributed by atoms with Crippen LogP contribution in [0, 0.1) is 20.3 Å². The molecular formula is C14H27. The molecule has 0 bridgehead atoms. The Balaban J connectivity index is 2.78. The van der Waals surface area contributed by atoms with Gasteiger partial charge in [-0.1, -0.05) is 77.6 Å². The lowest BCUT2D eigenvalue weighted by Crippen LogP contribution is -1.81. The second-order valence-electron chi connectivity index (χ2n) is 4.11. The van der Waals surface area contributed by atoms with Gasteiger partial charge in [0.2, 0.25) is 0 Å². The Morgan fingerprint density at radius 1 is 0.643 bits per heavy atom. The molecule has 0 nitrogen and oxygen atoms in total. The Morgan fingerprint density at radius 3 is 1.50 bits per heavy atom. The standard InChI is InChI=1S/C14H27/c1-3-5-7-9-11-13-14-12-10-8-6-4-2/h3H,1-2,4-14H2. The van der Waals surface area contributed by atoms with E-state index in [0.29, 0.717) is 0 Å². The molecule has 0 aromatic heterocycles. The minimum Gasteiger partial charge on any atom is -0.0533 e. The summed E-state index contributed by atoms with van der Waals surface area (Å²) in [6, 6.07) is 0. The molecule has 0 aliphatic carbocycles. The summed E-state index contributed by atoms with van der Waals surface area (Å²) in [6.45, 7) is 7.58. The maximum absolute atomic E-state index is 3.85. The van der Waals surface area contributed by atoms with E-state index in [-0.39, 0.29) is 0 Å². The van der Waals surface area contributed by atoms with E-state index in [1.54, 1.807) is 0 Å². The molecule has 0 fully saturated rings. The predicted molar refractivity (Wildman–Crippen MR) is 65.8 cm³/mol. The normalized spacial score (nSPS) is 10.7. The molecule has 0 spiro atoms. The molecule has 0 saturated carbocycles. The van der Waals surface area contributed by atoms with Gasteiger partial charge in [0.15, 0.2) is 0 Å². The summed E-state index contributed by atoms with van der Waals surface area (Å²) < 4.78 is 0. The smallest absolute Gasteiger partial charge is 0.0386 e. The van der Waals surface area contributed by atoms with Gasteiger partial charge >= 0.3 is 0 Å². The average molecular weight is 195 g/mol. The van der Waals surface area contributed by atoms with Crippen LogP contribution in [0.2, 0.25) is 0 Å². The van der Waals surface area contributed by atoms with Crippen molar-refractivity contribution in [3.8, 4) is 0 Å². The molecular weight excluding hydrogens is 168 g/mol. The van der Waals surface area contributed by atoms with Crippen molar-refractivity contribution in [2.24, 2.45) is 0 Å². The van der Waals surface area contributed by atoms with Gasteiger partial charge in [0.25, 0.3) is 0 Å². The molecule has 0 aliphatic heterocycles. The lowest BCUT2D eigenvalue weighted by molar-refractivity contribution is 0.559. The molecule has 0 aromatic rings. The highest BCUT2D eigenvalue weighted by atomic mass is 14.0. The monoisotopic (exact) mass is 195 g/mol. The molecule has 14 heavy (non-hydrogen) atoms. The maximum atomic E-state index is 3.85. The van der Waals surface area contributed by atoms with Gasteiger partial charge in [0, 0.05) is 0 Å². The first-order valence-corrected chi connectivity index (χ1v) is 6.32. The fourth-order valence-corrected chi connectivity index (χ4v) is 1.70. The second-order valence-corrected chi connectivity index (χ2v) is 4.11. The van der Waals surface area contributed by atoms with Crippen molar-refractivity contribution in [2.75, 3.05) is 0 Å². The summed E-state index contributed by atoms with van der Waals surface area (Å²) in [5.74, 6) is 0. The Labute approximate surface area is 91.5 Å². The molecule has 0 aromatic carbocycles. The van der Waals surface area contributed by atoms with E-state index >= 15 is 0 Å². The Morgan fingerprint density at radius 2 is 1.07 bits per heavy atom. The van der Waals surface area contributed by atoms with Crippen LogP contribution < -0.4 is 0 Å². The van der Waals surface area contributed by atoms with Crippen LogP contribution in [0.1, 0.15) is 70.6 Å². The zero-order valence-corrected chi connectivity index (χ0v) is 9.77. The molecule has 0 amide bonds. The molecule has 0 atom stereocenters. The largest absolute Gasteiger partial charge is 0.0533 e.